The molecule has 0 saturated carbocycles. The highest BCUT2D eigenvalue weighted by atomic mass is 79.9. The molecule has 6 nitrogen and oxygen atoms in total. The molecule has 1 atom stereocenters. The van der Waals surface area contributed by atoms with Crippen molar-refractivity contribution in [1.82, 2.24) is 19.9 Å². The van der Waals surface area contributed by atoms with Crippen LogP contribution in [0.5, 0.6) is 0 Å². The number of benzene rings is 1. The number of pyridine rings is 3. The quantitative estimate of drug-likeness (QED) is 0.301. The van der Waals surface area contributed by atoms with Crippen LogP contribution in [0.1, 0.15) is 40.3 Å². The molecule has 11 heteroatoms. The van der Waals surface area contributed by atoms with Gasteiger partial charge in [0.1, 0.15) is 5.82 Å². The first-order chi connectivity index (χ1) is 16.5. The molecular formula is C24H18BrClF3N5O. The Morgan fingerprint density at radius 3 is 2.51 bits per heavy atom. The number of hydrogen-bond donors (Lipinski definition) is 1. The number of nitrogens with zero attached hydrogens (tertiary/aromatic N) is 4. The van der Waals surface area contributed by atoms with Crippen LogP contribution in [0.3, 0.4) is 0 Å². The molecule has 3 aromatic heterocycles. The van der Waals surface area contributed by atoms with Gasteiger partial charge >= 0.3 is 6.18 Å². The standard InChI is InChI=1S/C24H18BrClF3N5O/c1-13(20-7-4-17(26)11-32-20)34(12-18-5-3-16(10-31-18)24(27,28)29)23(35)14-2-6-21-15(8-14)9-19(25)22(30)33-21/h2-11,13H,12H2,1H3,(H2,30,33)/t13-/m1/s1. The molecule has 0 spiro atoms. The maximum absolute atomic E-state index is 13.7. The lowest BCUT2D eigenvalue weighted by atomic mass is 10.1. The molecule has 0 radical (unpaired) electrons. The highest BCUT2D eigenvalue weighted by Crippen LogP contribution is 2.30. The minimum atomic E-state index is -4.50. The van der Waals surface area contributed by atoms with Crippen LogP contribution < -0.4 is 5.73 Å². The van der Waals surface area contributed by atoms with Crippen LogP contribution in [0.4, 0.5) is 19.0 Å². The maximum Gasteiger partial charge on any atom is 0.417 e. The predicted molar refractivity (Wildman–Crippen MR) is 131 cm³/mol. The van der Waals surface area contributed by atoms with E-state index in [-0.39, 0.29) is 12.5 Å². The molecular weight excluding hydrogens is 547 g/mol. The van der Waals surface area contributed by atoms with Crippen LogP contribution in [0.25, 0.3) is 10.9 Å². The first-order valence-corrected chi connectivity index (χ1v) is 11.5. The summed E-state index contributed by atoms with van der Waals surface area (Å²) < 4.78 is 39.5. The van der Waals surface area contributed by atoms with Crippen molar-refractivity contribution in [3.8, 4) is 0 Å². The zero-order chi connectivity index (χ0) is 25.3. The zero-order valence-corrected chi connectivity index (χ0v) is 20.6. The number of fused-ring (bicyclic) bond motifs is 1. The summed E-state index contributed by atoms with van der Waals surface area (Å²) >= 11 is 9.29. The van der Waals surface area contributed by atoms with Crippen molar-refractivity contribution in [2.45, 2.75) is 25.7 Å². The molecule has 4 aromatic rings. The van der Waals surface area contributed by atoms with E-state index in [0.717, 1.165) is 12.3 Å². The number of halogens is 5. The van der Waals surface area contributed by atoms with E-state index >= 15 is 0 Å². The van der Waals surface area contributed by atoms with Gasteiger partial charge < -0.3 is 10.6 Å². The summed E-state index contributed by atoms with van der Waals surface area (Å²) in [5.41, 5.74) is 6.82. The Morgan fingerprint density at radius 2 is 1.89 bits per heavy atom. The van der Waals surface area contributed by atoms with Gasteiger partial charge in [0.15, 0.2) is 0 Å². The van der Waals surface area contributed by atoms with E-state index < -0.39 is 17.8 Å². The van der Waals surface area contributed by atoms with Gasteiger partial charge in [-0.05, 0) is 71.4 Å². The Kier molecular flexibility index (Phi) is 6.95. The fourth-order valence-electron chi connectivity index (χ4n) is 3.50. The van der Waals surface area contributed by atoms with Crippen molar-refractivity contribution < 1.29 is 18.0 Å². The first kappa shape index (κ1) is 24.9. The van der Waals surface area contributed by atoms with Crippen molar-refractivity contribution in [3.05, 3.63) is 92.9 Å². The molecule has 0 unspecified atom stereocenters. The highest BCUT2D eigenvalue weighted by Gasteiger charge is 2.31. The van der Waals surface area contributed by atoms with Crippen molar-refractivity contribution in [1.29, 1.82) is 0 Å². The third kappa shape index (κ3) is 5.54. The Labute approximate surface area is 212 Å². The highest BCUT2D eigenvalue weighted by molar-refractivity contribution is 9.10. The maximum atomic E-state index is 13.7. The second kappa shape index (κ2) is 9.79. The summed E-state index contributed by atoms with van der Waals surface area (Å²) in [5.74, 6) is -0.0280. The van der Waals surface area contributed by atoms with E-state index in [2.05, 4.69) is 30.9 Å². The van der Waals surface area contributed by atoms with E-state index in [9.17, 15) is 18.0 Å². The van der Waals surface area contributed by atoms with Crippen molar-refractivity contribution in [2.24, 2.45) is 0 Å². The Morgan fingerprint density at radius 1 is 1.11 bits per heavy atom. The number of aromatic nitrogens is 3. The average molecular weight is 565 g/mol. The summed E-state index contributed by atoms with van der Waals surface area (Å²) in [5, 5.41) is 1.14. The molecule has 0 bridgehead atoms. The lowest BCUT2D eigenvalue weighted by molar-refractivity contribution is -0.137. The molecule has 4 rings (SSSR count). The van der Waals surface area contributed by atoms with Crippen LogP contribution in [-0.2, 0) is 12.7 Å². The van der Waals surface area contributed by atoms with E-state index in [1.54, 1.807) is 43.3 Å². The monoisotopic (exact) mass is 563 g/mol. The van der Waals surface area contributed by atoms with Gasteiger partial charge in [-0.2, -0.15) is 13.2 Å². The number of carbonyl (C=O) groups is 1. The number of carbonyl (C=O) groups excluding carboxylic acids is 1. The smallest absolute Gasteiger partial charge is 0.383 e. The molecule has 180 valence electrons. The SMILES string of the molecule is C[C@H](c1ccc(Cl)cn1)N(Cc1ccc(C(F)(F)F)cn1)C(=O)c1ccc2nc(N)c(Br)cc2c1. The third-order valence-corrected chi connectivity index (χ3v) is 6.29. The summed E-state index contributed by atoms with van der Waals surface area (Å²) in [6.07, 6.45) is -2.28. The lowest BCUT2D eigenvalue weighted by Gasteiger charge is -2.29. The third-order valence-electron chi connectivity index (χ3n) is 5.43. The Bertz CT molecular complexity index is 1380. The largest absolute Gasteiger partial charge is 0.417 e. The summed E-state index contributed by atoms with van der Waals surface area (Å²) in [7, 11) is 0. The first-order valence-electron chi connectivity index (χ1n) is 10.3. The fourth-order valence-corrected chi connectivity index (χ4v) is 3.95. The van der Waals surface area contributed by atoms with Gasteiger partial charge in [-0.3, -0.25) is 14.8 Å². The molecule has 2 N–H and O–H groups in total. The minimum Gasteiger partial charge on any atom is -0.383 e. The van der Waals surface area contributed by atoms with Gasteiger partial charge in [0, 0.05) is 23.3 Å². The van der Waals surface area contributed by atoms with Crippen LogP contribution in [0.2, 0.25) is 5.02 Å². The topological polar surface area (TPSA) is 85.0 Å². The van der Waals surface area contributed by atoms with Crippen LogP contribution in [0.15, 0.2) is 65.4 Å². The fraction of sp³-hybridized carbons (Fsp3) is 0.167. The van der Waals surface area contributed by atoms with Gasteiger partial charge in [-0.25, -0.2) is 4.98 Å². The second-order valence-electron chi connectivity index (χ2n) is 7.81. The van der Waals surface area contributed by atoms with Crippen molar-refractivity contribution in [2.75, 3.05) is 5.73 Å². The molecule has 0 aliphatic rings. The molecule has 1 aromatic carbocycles. The summed E-state index contributed by atoms with van der Waals surface area (Å²) in [6.45, 7) is 1.74. The molecule has 3 heterocycles. The Balaban J connectivity index is 1.71. The molecule has 35 heavy (non-hydrogen) atoms. The molecule has 0 aliphatic carbocycles. The predicted octanol–water partition coefficient (Wildman–Crippen LogP) is 6.45. The molecule has 0 saturated heterocycles. The van der Waals surface area contributed by atoms with Crippen LogP contribution in [0, 0.1) is 0 Å². The number of nitrogen functional groups attached to an aromatic ring is 1. The van der Waals surface area contributed by atoms with E-state index in [4.69, 9.17) is 17.3 Å². The number of rotatable bonds is 5. The number of alkyl halides is 3. The lowest BCUT2D eigenvalue weighted by Crippen LogP contribution is -2.34. The number of hydrogen-bond acceptors (Lipinski definition) is 5. The molecule has 0 fully saturated rings. The average Bonchev–Trinajstić information content (AvgIpc) is 2.82. The van der Waals surface area contributed by atoms with Crippen molar-refractivity contribution in [3.63, 3.8) is 0 Å². The van der Waals surface area contributed by atoms with Gasteiger partial charge in [0.05, 0.1) is 44.5 Å². The van der Waals surface area contributed by atoms with E-state index in [0.29, 0.717) is 43.2 Å². The second-order valence-corrected chi connectivity index (χ2v) is 9.10. The summed E-state index contributed by atoms with van der Waals surface area (Å²) in [6, 6.07) is 11.8. The van der Waals surface area contributed by atoms with Crippen LogP contribution >= 0.6 is 27.5 Å². The van der Waals surface area contributed by atoms with E-state index in [1.165, 1.54) is 17.2 Å². The minimum absolute atomic E-state index is 0.0375. The summed E-state index contributed by atoms with van der Waals surface area (Å²) in [4.78, 5) is 27.7. The number of anilines is 1. The van der Waals surface area contributed by atoms with Gasteiger partial charge in [0.2, 0.25) is 0 Å². The van der Waals surface area contributed by atoms with Crippen LogP contribution in [-0.4, -0.2) is 25.8 Å². The van der Waals surface area contributed by atoms with Gasteiger partial charge in [-0.1, -0.05) is 11.6 Å². The van der Waals surface area contributed by atoms with Gasteiger partial charge in [-0.15, -0.1) is 0 Å². The van der Waals surface area contributed by atoms with Gasteiger partial charge in [0.25, 0.3) is 5.91 Å². The molecule has 1 amide bonds. The number of nitrogens with two attached hydrogens (primary N) is 1. The molecule has 0 aliphatic heterocycles. The zero-order valence-electron chi connectivity index (χ0n) is 18.2. The van der Waals surface area contributed by atoms with Crippen molar-refractivity contribution >= 4 is 50.2 Å². The van der Waals surface area contributed by atoms with E-state index in [1.807, 2.05) is 0 Å². The number of amides is 1. The normalized spacial score (nSPS) is 12.5. The Hall–Kier alpha value is -3.24.